The third-order valence-electron chi connectivity index (χ3n) is 3.47. The van der Waals surface area contributed by atoms with E-state index in [4.69, 9.17) is 9.84 Å². The molecular formula is C15H20N2O4. The van der Waals surface area contributed by atoms with Crippen molar-refractivity contribution in [3.8, 4) is 0 Å². The van der Waals surface area contributed by atoms with Crippen LogP contribution in [-0.2, 0) is 16.1 Å². The second-order valence-corrected chi connectivity index (χ2v) is 5.19. The van der Waals surface area contributed by atoms with Crippen LogP contribution in [0.4, 0.5) is 4.79 Å². The summed E-state index contributed by atoms with van der Waals surface area (Å²) < 4.78 is 5.34. The second kappa shape index (κ2) is 7.08. The lowest BCUT2D eigenvalue weighted by molar-refractivity contribution is -0.149. The topological polar surface area (TPSA) is 78.9 Å². The number of ether oxygens (including phenoxy) is 1. The normalized spacial score (nSPS) is 21.0. The quantitative estimate of drug-likeness (QED) is 0.861. The van der Waals surface area contributed by atoms with E-state index in [2.05, 4.69) is 5.32 Å². The van der Waals surface area contributed by atoms with Crippen molar-refractivity contribution in [2.24, 2.45) is 0 Å². The summed E-state index contributed by atoms with van der Waals surface area (Å²) in [5, 5.41) is 11.6. The Labute approximate surface area is 123 Å². The first-order valence-electron chi connectivity index (χ1n) is 6.97. The molecule has 2 amide bonds. The van der Waals surface area contributed by atoms with Crippen LogP contribution in [0.2, 0.25) is 0 Å². The van der Waals surface area contributed by atoms with Crippen molar-refractivity contribution in [3.63, 3.8) is 0 Å². The molecule has 0 bridgehead atoms. The fourth-order valence-corrected chi connectivity index (χ4v) is 2.30. The van der Waals surface area contributed by atoms with E-state index in [9.17, 15) is 9.59 Å². The number of amides is 2. The first-order valence-corrected chi connectivity index (χ1v) is 6.97. The molecule has 2 atom stereocenters. The lowest BCUT2D eigenvalue weighted by Gasteiger charge is -2.19. The van der Waals surface area contributed by atoms with Crippen molar-refractivity contribution in [2.45, 2.75) is 31.6 Å². The van der Waals surface area contributed by atoms with Crippen molar-refractivity contribution < 1.29 is 19.4 Å². The van der Waals surface area contributed by atoms with Crippen LogP contribution in [-0.4, -0.2) is 47.8 Å². The third kappa shape index (κ3) is 4.46. The number of hydrogen-bond donors (Lipinski definition) is 2. The van der Waals surface area contributed by atoms with Crippen LogP contribution in [0, 0.1) is 0 Å². The van der Waals surface area contributed by atoms with E-state index >= 15 is 0 Å². The predicted octanol–water partition coefficient (Wildman–Crippen LogP) is 1.46. The molecule has 6 nitrogen and oxygen atoms in total. The Bertz CT molecular complexity index is 492. The molecule has 2 unspecified atom stereocenters. The van der Waals surface area contributed by atoms with E-state index in [0.29, 0.717) is 25.9 Å². The van der Waals surface area contributed by atoms with E-state index in [1.807, 2.05) is 30.3 Å². The summed E-state index contributed by atoms with van der Waals surface area (Å²) in [7, 11) is 1.72. The summed E-state index contributed by atoms with van der Waals surface area (Å²) in [6, 6.07) is 9.52. The van der Waals surface area contributed by atoms with Gasteiger partial charge in [-0.1, -0.05) is 30.3 Å². The zero-order valence-corrected chi connectivity index (χ0v) is 12.0. The van der Waals surface area contributed by atoms with Gasteiger partial charge in [0.05, 0.1) is 6.10 Å². The van der Waals surface area contributed by atoms with E-state index in [1.165, 1.54) is 0 Å². The summed E-state index contributed by atoms with van der Waals surface area (Å²) in [4.78, 5) is 24.3. The molecule has 0 radical (unpaired) electrons. The maximum Gasteiger partial charge on any atom is 0.332 e. The second-order valence-electron chi connectivity index (χ2n) is 5.19. The minimum absolute atomic E-state index is 0.193. The van der Waals surface area contributed by atoms with Gasteiger partial charge in [0.15, 0.2) is 6.10 Å². The first kappa shape index (κ1) is 15.3. The van der Waals surface area contributed by atoms with E-state index < -0.39 is 12.1 Å². The number of benzene rings is 1. The number of urea groups is 1. The number of nitrogens with one attached hydrogen (secondary N) is 1. The molecule has 0 saturated carbocycles. The van der Waals surface area contributed by atoms with Gasteiger partial charge in [0.2, 0.25) is 0 Å². The van der Waals surface area contributed by atoms with Gasteiger partial charge >= 0.3 is 12.0 Å². The molecule has 1 fully saturated rings. The highest BCUT2D eigenvalue weighted by Gasteiger charge is 2.30. The number of hydrogen-bond acceptors (Lipinski definition) is 3. The van der Waals surface area contributed by atoms with Gasteiger partial charge in [-0.05, 0) is 18.4 Å². The fourth-order valence-electron chi connectivity index (χ4n) is 2.30. The minimum atomic E-state index is -0.940. The maximum absolute atomic E-state index is 12.0. The molecule has 2 rings (SSSR count). The molecular weight excluding hydrogens is 272 g/mol. The summed E-state index contributed by atoms with van der Waals surface area (Å²) in [6.07, 6.45) is 0.184. The monoisotopic (exact) mass is 292 g/mol. The molecule has 1 aromatic rings. The Balaban J connectivity index is 1.73. The van der Waals surface area contributed by atoms with Crippen molar-refractivity contribution in [2.75, 3.05) is 13.6 Å². The van der Waals surface area contributed by atoms with E-state index in [-0.39, 0.29) is 12.1 Å². The SMILES string of the molecule is CN(Cc1ccccc1)C(=O)NCC1CCC(C(=O)O)O1. The number of nitrogens with zero attached hydrogens (tertiary/aromatic N) is 1. The Kier molecular flexibility index (Phi) is 5.16. The number of carbonyl (C=O) groups is 2. The zero-order valence-electron chi connectivity index (χ0n) is 12.0. The van der Waals surface area contributed by atoms with Gasteiger partial charge in [-0.3, -0.25) is 0 Å². The van der Waals surface area contributed by atoms with Gasteiger partial charge in [0, 0.05) is 20.1 Å². The molecule has 6 heteroatoms. The highest BCUT2D eigenvalue weighted by atomic mass is 16.5. The number of carboxylic acids is 1. The van der Waals surface area contributed by atoms with Crippen molar-refractivity contribution >= 4 is 12.0 Å². The van der Waals surface area contributed by atoms with E-state index in [1.54, 1.807) is 11.9 Å². The highest BCUT2D eigenvalue weighted by molar-refractivity contribution is 5.74. The average molecular weight is 292 g/mol. The molecule has 0 aliphatic carbocycles. The first-order chi connectivity index (χ1) is 10.1. The van der Waals surface area contributed by atoms with Crippen molar-refractivity contribution in [3.05, 3.63) is 35.9 Å². The molecule has 1 aliphatic heterocycles. The summed E-state index contributed by atoms with van der Waals surface area (Å²) in [5.41, 5.74) is 1.05. The van der Waals surface area contributed by atoms with Gasteiger partial charge in [0.1, 0.15) is 0 Å². The van der Waals surface area contributed by atoms with Crippen LogP contribution in [0.5, 0.6) is 0 Å². The number of rotatable bonds is 5. The molecule has 0 spiro atoms. The van der Waals surface area contributed by atoms with Gasteiger partial charge in [-0.25, -0.2) is 9.59 Å². The van der Waals surface area contributed by atoms with Crippen LogP contribution in [0.25, 0.3) is 0 Å². The molecule has 1 saturated heterocycles. The zero-order chi connectivity index (χ0) is 15.2. The van der Waals surface area contributed by atoms with Crippen LogP contribution in [0.3, 0.4) is 0 Å². The third-order valence-corrected chi connectivity index (χ3v) is 3.47. The smallest absolute Gasteiger partial charge is 0.332 e. The predicted molar refractivity (Wildman–Crippen MR) is 76.8 cm³/mol. The van der Waals surface area contributed by atoms with Crippen LogP contribution >= 0.6 is 0 Å². The molecule has 114 valence electrons. The van der Waals surface area contributed by atoms with Gasteiger partial charge in [0.25, 0.3) is 0 Å². The molecule has 1 aromatic carbocycles. The maximum atomic E-state index is 12.0. The Morgan fingerprint density at radius 3 is 2.67 bits per heavy atom. The summed E-state index contributed by atoms with van der Waals surface area (Å²) in [5.74, 6) is -0.940. The van der Waals surface area contributed by atoms with Gasteiger partial charge in [-0.2, -0.15) is 0 Å². The molecule has 1 heterocycles. The standard InChI is InChI=1S/C15H20N2O4/c1-17(10-11-5-3-2-4-6-11)15(20)16-9-12-7-8-13(21-12)14(18)19/h2-6,12-13H,7-10H2,1H3,(H,16,20)(H,18,19). The molecule has 21 heavy (non-hydrogen) atoms. The van der Waals surface area contributed by atoms with Gasteiger partial charge in [-0.15, -0.1) is 0 Å². The lowest BCUT2D eigenvalue weighted by atomic mass is 10.2. The lowest BCUT2D eigenvalue weighted by Crippen LogP contribution is -2.40. The Morgan fingerprint density at radius 1 is 1.33 bits per heavy atom. The number of aliphatic carboxylic acids is 1. The van der Waals surface area contributed by atoms with Crippen LogP contribution in [0.15, 0.2) is 30.3 Å². The largest absolute Gasteiger partial charge is 0.479 e. The average Bonchev–Trinajstić information content (AvgIpc) is 2.95. The summed E-state index contributed by atoms with van der Waals surface area (Å²) in [6.45, 7) is 0.859. The molecule has 0 aromatic heterocycles. The van der Waals surface area contributed by atoms with Crippen LogP contribution in [0.1, 0.15) is 18.4 Å². The summed E-state index contributed by atoms with van der Waals surface area (Å²) >= 11 is 0. The fraction of sp³-hybridized carbons (Fsp3) is 0.467. The van der Waals surface area contributed by atoms with Gasteiger partial charge < -0.3 is 20.1 Å². The number of carboxylic acid groups (broad SMARTS) is 1. The highest BCUT2D eigenvalue weighted by Crippen LogP contribution is 2.19. The number of carbonyl (C=O) groups excluding carboxylic acids is 1. The Morgan fingerprint density at radius 2 is 2.05 bits per heavy atom. The van der Waals surface area contributed by atoms with Crippen molar-refractivity contribution in [1.29, 1.82) is 0 Å². The van der Waals surface area contributed by atoms with E-state index in [0.717, 1.165) is 5.56 Å². The van der Waals surface area contributed by atoms with Crippen LogP contribution < -0.4 is 5.32 Å². The molecule has 1 aliphatic rings. The van der Waals surface area contributed by atoms with Crippen molar-refractivity contribution in [1.82, 2.24) is 10.2 Å². The minimum Gasteiger partial charge on any atom is -0.479 e. The molecule has 2 N–H and O–H groups in total. The Hall–Kier alpha value is -2.08.